The van der Waals surface area contributed by atoms with E-state index in [2.05, 4.69) is 46.0 Å². The van der Waals surface area contributed by atoms with Crippen molar-refractivity contribution in [2.24, 2.45) is 5.92 Å². The zero-order valence-corrected chi connectivity index (χ0v) is 17.5. The summed E-state index contributed by atoms with van der Waals surface area (Å²) in [4.78, 5) is 18.2. The molecule has 1 aromatic carbocycles. The lowest BCUT2D eigenvalue weighted by atomic mass is 9.85. The van der Waals surface area contributed by atoms with Crippen LogP contribution in [0, 0.1) is 5.92 Å². The van der Waals surface area contributed by atoms with Crippen molar-refractivity contribution in [3.63, 3.8) is 0 Å². The van der Waals surface area contributed by atoms with Crippen molar-refractivity contribution in [1.29, 1.82) is 0 Å². The van der Waals surface area contributed by atoms with Crippen LogP contribution in [0.2, 0.25) is 0 Å². The zero-order valence-electron chi connectivity index (χ0n) is 17.5. The Balaban J connectivity index is 1.41. The molecule has 3 saturated heterocycles. The predicted octanol–water partition coefficient (Wildman–Crippen LogP) is 3.48. The Bertz CT molecular complexity index is 923. The molecule has 3 aliphatic rings. The van der Waals surface area contributed by atoms with Crippen LogP contribution in [0.5, 0.6) is 5.75 Å². The van der Waals surface area contributed by atoms with Crippen LogP contribution >= 0.6 is 0 Å². The van der Waals surface area contributed by atoms with Gasteiger partial charge in [0.15, 0.2) is 0 Å². The standard InChI is InChI=1S/C23H30N4O2/c1-15(2)18-12-19(25-24-18)20-11-17-14-26(13-16-7-4-5-8-21(16)29-3)22(28)23(17)9-6-10-27(20)23/h4-5,7-8,12,15,17,20H,6,9-11,13-14H2,1-3H3,(H,24,25)/t17-,20-,23-/m0/s1. The molecule has 6 heteroatoms. The van der Waals surface area contributed by atoms with E-state index in [1.807, 2.05) is 18.2 Å². The second-order valence-electron chi connectivity index (χ2n) is 9.07. The number of hydrogen-bond acceptors (Lipinski definition) is 4. The van der Waals surface area contributed by atoms with E-state index in [0.29, 0.717) is 24.3 Å². The van der Waals surface area contributed by atoms with Crippen molar-refractivity contribution in [2.45, 2.75) is 57.2 Å². The number of hydrogen-bond donors (Lipinski definition) is 1. The number of carbonyl (C=O) groups excluding carboxylic acids is 1. The Kier molecular flexibility index (Phi) is 4.42. The summed E-state index contributed by atoms with van der Waals surface area (Å²) in [5, 5.41) is 7.79. The summed E-state index contributed by atoms with van der Waals surface area (Å²) in [6.07, 6.45) is 3.08. The third-order valence-corrected chi connectivity index (χ3v) is 7.25. The number of aromatic amines is 1. The number of ether oxygens (including phenoxy) is 1. The van der Waals surface area contributed by atoms with Crippen LogP contribution in [-0.2, 0) is 11.3 Å². The molecular formula is C23H30N4O2. The van der Waals surface area contributed by atoms with Gasteiger partial charge in [0.1, 0.15) is 11.3 Å². The number of nitrogens with zero attached hydrogens (tertiary/aromatic N) is 3. The Morgan fingerprint density at radius 2 is 2.17 bits per heavy atom. The molecule has 3 fully saturated rings. The first kappa shape index (κ1) is 18.7. The molecule has 0 aliphatic carbocycles. The highest BCUT2D eigenvalue weighted by atomic mass is 16.5. The number of H-pyrrole nitrogens is 1. The number of amides is 1. The molecule has 0 radical (unpaired) electrons. The third kappa shape index (κ3) is 2.72. The Morgan fingerprint density at radius 3 is 2.93 bits per heavy atom. The van der Waals surface area contributed by atoms with Gasteiger partial charge in [-0.05, 0) is 43.9 Å². The van der Waals surface area contributed by atoms with Crippen molar-refractivity contribution in [3.05, 3.63) is 47.3 Å². The predicted molar refractivity (Wildman–Crippen MR) is 111 cm³/mol. The molecule has 5 rings (SSSR count). The van der Waals surface area contributed by atoms with Gasteiger partial charge in [0.2, 0.25) is 5.91 Å². The summed E-state index contributed by atoms with van der Waals surface area (Å²) in [6.45, 7) is 6.78. The van der Waals surface area contributed by atoms with E-state index in [9.17, 15) is 4.79 Å². The second-order valence-corrected chi connectivity index (χ2v) is 9.07. The minimum Gasteiger partial charge on any atom is -0.496 e. The number of para-hydroxylation sites is 1. The van der Waals surface area contributed by atoms with E-state index in [0.717, 1.165) is 49.4 Å². The zero-order chi connectivity index (χ0) is 20.2. The molecule has 0 unspecified atom stereocenters. The van der Waals surface area contributed by atoms with Crippen LogP contribution in [0.15, 0.2) is 30.3 Å². The van der Waals surface area contributed by atoms with Crippen LogP contribution < -0.4 is 4.74 Å². The smallest absolute Gasteiger partial charge is 0.243 e. The highest BCUT2D eigenvalue weighted by Gasteiger charge is 2.65. The summed E-state index contributed by atoms with van der Waals surface area (Å²) in [5.41, 5.74) is 3.04. The Labute approximate surface area is 172 Å². The molecule has 154 valence electrons. The van der Waals surface area contributed by atoms with Gasteiger partial charge >= 0.3 is 0 Å². The minimum absolute atomic E-state index is 0.278. The van der Waals surface area contributed by atoms with Gasteiger partial charge in [0.05, 0.1) is 24.5 Å². The SMILES string of the molecule is COc1ccccc1CN1C[C@@H]2C[C@@H](c3cc(C(C)C)n[nH]3)N3CCC[C@@]23C1=O. The maximum Gasteiger partial charge on any atom is 0.243 e. The van der Waals surface area contributed by atoms with Gasteiger partial charge in [0, 0.05) is 24.6 Å². The molecule has 29 heavy (non-hydrogen) atoms. The van der Waals surface area contributed by atoms with Crippen LogP contribution in [0.3, 0.4) is 0 Å². The lowest BCUT2D eigenvalue weighted by Gasteiger charge is -2.33. The molecule has 1 spiro atoms. The van der Waals surface area contributed by atoms with Gasteiger partial charge in [0.25, 0.3) is 0 Å². The highest BCUT2D eigenvalue weighted by molar-refractivity contribution is 5.90. The minimum atomic E-state index is -0.324. The number of rotatable bonds is 5. The lowest BCUT2D eigenvalue weighted by Crippen LogP contribution is -2.49. The van der Waals surface area contributed by atoms with E-state index < -0.39 is 0 Å². The Hall–Kier alpha value is -2.34. The van der Waals surface area contributed by atoms with Gasteiger partial charge in [-0.2, -0.15) is 5.10 Å². The fourth-order valence-corrected chi connectivity index (χ4v) is 5.87. The molecule has 3 atom stereocenters. The largest absolute Gasteiger partial charge is 0.496 e. The molecule has 1 N–H and O–H groups in total. The van der Waals surface area contributed by atoms with E-state index in [1.165, 1.54) is 5.69 Å². The molecule has 1 amide bonds. The molecule has 3 aliphatic heterocycles. The fraction of sp³-hybridized carbons (Fsp3) is 0.565. The van der Waals surface area contributed by atoms with Gasteiger partial charge in [-0.15, -0.1) is 0 Å². The summed E-state index contributed by atoms with van der Waals surface area (Å²) in [7, 11) is 1.69. The average molecular weight is 395 g/mol. The second kappa shape index (κ2) is 6.87. The van der Waals surface area contributed by atoms with E-state index in [1.54, 1.807) is 7.11 Å². The van der Waals surface area contributed by atoms with Gasteiger partial charge in [-0.25, -0.2) is 0 Å². The normalized spacial score (nSPS) is 29.0. The quantitative estimate of drug-likeness (QED) is 0.843. The van der Waals surface area contributed by atoms with Gasteiger partial charge < -0.3 is 9.64 Å². The topological polar surface area (TPSA) is 61.5 Å². The van der Waals surface area contributed by atoms with Crippen molar-refractivity contribution >= 4 is 5.91 Å². The van der Waals surface area contributed by atoms with E-state index in [-0.39, 0.29) is 11.6 Å². The number of methoxy groups -OCH3 is 1. The molecule has 0 saturated carbocycles. The van der Waals surface area contributed by atoms with Crippen molar-refractivity contribution in [1.82, 2.24) is 20.0 Å². The number of benzene rings is 1. The summed E-state index contributed by atoms with van der Waals surface area (Å²) in [5.74, 6) is 1.95. The first-order chi connectivity index (χ1) is 14.0. The summed E-state index contributed by atoms with van der Waals surface area (Å²) in [6, 6.07) is 10.5. The van der Waals surface area contributed by atoms with Crippen molar-refractivity contribution in [3.8, 4) is 5.75 Å². The number of carbonyl (C=O) groups is 1. The van der Waals surface area contributed by atoms with Crippen LogP contribution in [-0.4, -0.2) is 51.6 Å². The van der Waals surface area contributed by atoms with Crippen LogP contribution in [0.1, 0.15) is 62.0 Å². The lowest BCUT2D eigenvalue weighted by molar-refractivity contribution is -0.137. The molecule has 4 heterocycles. The number of aromatic nitrogens is 2. The average Bonchev–Trinajstić information content (AvgIpc) is 3.46. The van der Waals surface area contributed by atoms with Crippen LogP contribution in [0.25, 0.3) is 0 Å². The Morgan fingerprint density at radius 1 is 1.34 bits per heavy atom. The van der Waals surface area contributed by atoms with Crippen molar-refractivity contribution in [2.75, 3.05) is 20.2 Å². The molecule has 0 bridgehead atoms. The number of likely N-dealkylation sites (tertiary alicyclic amines) is 1. The summed E-state index contributed by atoms with van der Waals surface area (Å²) >= 11 is 0. The number of nitrogens with one attached hydrogen (secondary N) is 1. The van der Waals surface area contributed by atoms with Gasteiger partial charge in [-0.3, -0.25) is 14.8 Å². The first-order valence-electron chi connectivity index (χ1n) is 10.8. The molecule has 2 aromatic rings. The van der Waals surface area contributed by atoms with Crippen molar-refractivity contribution < 1.29 is 9.53 Å². The summed E-state index contributed by atoms with van der Waals surface area (Å²) < 4.78 is 5.51. The first-order valence-corrected chi connectivity index (χ1v) is 10.8. The maximum atomic E-state index is 13.7. The third-order valence-electron chi connectivity index (χ3n) is 7.25. The molecule has 6 nitrogen and oxygen atoms in total. The van der Waals surface area contributed by atoms with E-state index in [4.69, 9.17) is 4.74 Å². The van der Waals surface area contributed by atoms with E-state index >= 15 is 0 Å². The van der Waals surface area contributed by atoms with Gasteiger partial charge in [-0.1, -0.05) is 32.0 Å². The fourth-order valence-electron chi connectivity index (χ4n) is 5.87. The highest BCUT2D eigenvalue weighted by Crippen LogP contribution is 2.56. The molecule has 1 aromatic heterocycles. The molecular weight excluding hydrogens is 364 g/mol. The maximum absolute atomic E-state index is 13.7. The van der Waals surface area contributed by atoms with Crippen LogP contribution in [0.4, 0.5) is 0 Å². The monoisotopic (exact) mass is 394 g/mol.